The second-order valence-corrected chi connectivity index (χ2v) is 7.13. The normalized spacial score (nSPS) is 22.4. The Morgan fingerprint density at radius 3 is 2.89 bits per heavy atom. The van der Waals surface area contributed by atoms with E-state index in [9.17, 15) is 8.42 Å². The first-order chi connectivity index (χ1) is 8.57. The fourth-order valence-electron chi connectivity index (χ4n) is 2.56. The number of rotatable bonds is 5. The molecule has 1 aromatic rings. The van der Waals surface area contributed by atoms with E-state index in [1.807, 2.05) is 17.9 Å². The molecule has 1 aliphatic rings. The fourth-order valence-corrected chi connectivity index (χ4v) is 4.25. The summed E-state index contributed by atoms with van der Waals surface area (Å²) in [6, 6.07) is 0.0298. The SMILES string of the molecule is CCCc1c(CNC)cnn1C1CCS(=O)(=O)C1. The van der Waals surface area contributed by atoms with Crippen LogP contribution in [0.4, 0.5) is 0 Å². The Hall–Kier alpha value is -0.880. The van der Waals surface area contributed by atoms with Crippen molar-refractivity contribution in [3.63, 3.8) is 0 Å². The van der Waals surface area contributed by atoms with Crippen molar-refractivity contribution in [3.8, 4) is 0 Å². The molecule has 1 aromatic heterocycles. The molecule has 0 aromatic carbocycles. The van der Waals surface area contributed by atoms with Crippen LogP contribution in [0.2, 0.25) is 0 Å². The van der Waals surface area contributed by atoms with Gasteiger partial charge in [0, 0.05) is 17.8 Å². The van der Waals surface area contributed by atoms with Crippen LogP contribution in [0, 0.1) is 0 Å². The molecule has 1 N–H and O–H groups in total. The molecule has 102 valence electrons. The van der Waals surface area contributed by atoms with Gasteiger partial charge in [0.05, 0.1) is 23.7 Å². The predicted octanol–water partition coefficient (Wildman–Crippen LogP) is 0.915. The van der Waals surface area contributed by atoms with E-state index in [1.165, 1.54) is 11.3 Å². The van der Waals surface area contributed by atoms with E-state index < -0.39 is 9.84 Å². The number of nitrogens with one attached hydrogen (secondary N) is 1. The van der Waals surface area contributed by atoms with Crippen molar-refractivity contribution in [2.24, 2.45) is 0 Å². The average molecular weight is 271 g/mol. The molecule has 5 nitrogen and oxygen atoms in total. The molecule has 0 radical (unpaired) electrons. The minimum atomic E-state index is -2.85. The molecule has 2 heterocycles. The van der Waals surface area contributed by atoms with E-state index in [1.54, 1.807) is 0 Å². The van der Waals surface area contributed by atoms with Gasteiger partial charge in [-0.2, -0.15) is 5.10 Å². The molecular weight excluding hydrogens is 250 g/mol. The number of sulfone groups is 1. The summed E-state index contributed by atoms with van der Waals surface area (Å²) in [6.45, 7) is 2.92. The van der Waals surface area contributed by atoms with Crippen molar-refractivity contribution >= 4 is 9.84 Å². The second kappa shape index (κ2) is 5.40. The van der Waals surface area contributed by atoms with Gasteiger partial charge < -0.3 is 5.32 Å². The molecule has 6 heteroatoms. The highest BCUT2D eigenvalue weighted by atomic mass is 32.2. The zero-order valence-electron chi connectivity index (χ0n) is 11.0. The molecule has 0 saturated carbocycles. The van der Waals surface area contributed by atoms with Crippen LogP contribution in [-0.2, 0) is 22.8 Å². The highest BCUT2D eigenvalue weighted by Gasteiger charge is 2.31. The molecule has 1 atom stereocenters. The lowest BCUT2D eigenvalue weighted by Crippen LogP contribution is -2.16. The Morgan fingerprint density at radius 1 is 1.56 bits per heavy atom. The lowest BCUT2D eigenvalue weighted by molar-refractivity contribution is 0.477. The van der Waals surface area contributed by atoms with E-state index in [2.05, 4.69) is 17.3 Å². The van der Waals surface area contributed by atoms with E-state index in [-0.39, 0.29) is 11.8 Å². The van der Waals surface area contributed by atoms with Gasteiger partial charge in [-0.05, 0) is 19.9 Å². The van der Waals surface area contributed by atoms with Gasteiger partial charge in [-0.3, -0.25) is 4.68 Å². The van der Waals surface area contributed by atoms with Crippen LogP contribution in [0.25, 0.3) is 0 Å². The Balaban J connectivity index is 2.27. The topological polar surface area (TPSA) is 64.0 Å². The zero-order chi connectivity index (χ0) is 13.2. The average Bonchev–Trinajstić information content (AvgIpc) is 2.85. The van der Waals surface area contributed by atoms with Crippen LogP contribution in [-0.4, -0.2) is 36.8 Å². The third kappa shape index (κ3) is 2.75. The molecule has 0 amide bonds. The molecular formula is C12H21N3O2S. The van der Waals surface area contributed by atoms with Crippen molar-refractivity contribution < 1.29 is 8.42 Å². The van der Waals surface area contributed by atoms with Gasteiger partial charge in [-0.25, -0.2) is 8.42 Å². The van der Waals surface area contributed by atoms with Gasteiger partial charge in [-0.1, -0.05) is 13.3 Å². The highest BCUT2D eigenvalue weighted by molar-refractivity contribution is 7.91. The first-order valence-electron chi connectivity index (χ1n) is 6.47. The van der Waals surface area contributed by atoms with Gasteiger partial charge >= 0.3 is 0 Å². The lowest BCUT2D eigenvalue weighted by atomic mass is 10.1. The summed E-state index contributed by atoms with van der Waals surface area (Å²) in [5, 5.41) is 7.54. The largest absolute Gasteiger partial charge is 0.316 e. The zero-order valence-corrected chi connectivity index (χ0v) is 11.8. The lowest BCUT2D eigenvalue weighted by Gasteiger charge is -2.14. The van der Waals surface area contributed by atoms with Crippen LogP contribution in [0.1, 0.15) is 37.1 Å². The van der Waals surface area contributed by atoms with Crippen LogP contribution in [0.15, 0.2) is 6.20 Å². The molecule has 18 heavy (non-hydrogen) atoms. The summed E-state index contributed by atoms with van der Waals surface area (Å²) in [6.07, 6.45) is 4.56. The molecule has 1 unspecified atom stereocenters. The first-order valence-corrected chi connectivity index (χ1v) is 8.29. The minimum absolute atomic E-state index is 0.0298. The van der Waals surface area contributed by atoms with Gasteiger partial charge in [0.1, 0.15) is 0 Å². The number of hydrogen-bond donors (Lipinski definition) is 1. The molecule has 2 rings (SSSR count). The summed E-state index contributed by atoms with van der Waals surface area (Å²) in [5.74, 6) is 0.537. The van der Waals surface area contributed by atoms with Gasteiger partial charge in [0.15, 0.2) is 9.84 Å². The maximum Gasteiger partial charge on any atom is 0.152 e. The minimum Gasteiger partial charge on any atom is -0.316 e. The summed E-state index contributed by atoms with van der Waals surface area (Å²) in [5.41, 5.74) is 2.37. The fraction of sp³-hybridized carbons (Fsp3) is 0.750. The maximum absolute atomic E-state index is 11.6. The van der Waals surface area contributed by atoms with Crippen molar-refractivity contribution in [2.75, 3.05) is 18.6 Å². The number of hydrogen-bond acceptors (Lipinski definition) is 4. The van der Waals surface area contributed by atoms with Crippen molar-refractivity contribution in [1.82, 2.24) is 15.1 Å². The molecule has 1 aliphatic heterocycles. The highest BCUT2D eigenvalue weighted by Crippen LogP contribution is 2.26. The third-order valence-electron chi connectivity index (χ3n) is 3.39. The summed E-state index contributed by atoms with van der Waals surface area (Å²) in [4.78, 5) is 0. The quantitative estimate of drug-likeness (QED) is 0.865. The van der Waals surface area contributed by atoms with Crippen molar-refractivity contribution in [3.05, 3.63) is 17.5 Å². The maximum atomic E-state index is 11.6. The van der Waals surface area contributed by atoms with Crippen LogP contribution in [0.5, 0.6) is 0 Å². The summed E-state index contributed by atoms with van der Waals surface area (Å²) in [7, 11) is -0.945. The summed E-state index contributed by atoms with van der Waals surface area (Å²) < 4.78 is 25.1. The Kier molecular flexibility index (Phi) is 4.07. The number of nitrogens with zero attached hydrogens (tertiary/aromatic N) is 2. The summed E-state index contributed by atoms with van der Waals surface area (Å²) >= 11 is 0. The first kappa shape index (κ1) is 13.5. The van der Waals surface area contributed by atoms with Crippen molar-refractivity contribution in [2.45, 2.75) is 38.8 Å². The molecule has 1 fully saturated rings. The van der Waals surface area contributed by atoms with E-state index in [0.29, 0.717) is 12.2 Å². The number of aromatic nitrogens is 2. The standard InChI is InChI=1S/C12H21N3O2S/c1-3-4-12-10(7-13-2)8-14-15(12)11-5-6-18(16,17)9-11/h8,11,13H,3-7,9H2,1-2H3. The van der Waals surface area contributed by atoms with Crippen LogP contribution in [0.3, 0.4) is 0 Å². The van der Waals surface area contributed by atoms with E-state index in [4.69, 9.17) is 0 Å². The Labute approximate surface area is 108 Å². The Bertz CT molecular complexity index is 507. The van der Waals surface area contributed by atoms with E-state index >= 15 is 0 Å². The Morgan fingerprint density at radius 2 is 2.33 bits per heavy atom. The van der Waals surface area contributed by atoms with E-state index in [0.717, 1.165) is 19.4 Å². The van der Waals surface area contributed by atoms with Crippen LogP contribution >= 0.6 is 0 Å². The smallest absolute Gasteiger partial charge is 0.152 e. The van der Waals surface area contributed by atoms with Gasteiger partial charge in [0.2, 0.25) is 0 Å². The predicted molar refractivity (Wildman–Crippen MR) is 71.3 cm³/mol. The molecule has 0 spiro atoms. The molecule has 0 aliphatic carbocycles. The van der Waals surface area contributed by atoms with Crippen LogP contribution < -0.4 is 5.32 Å². The van der Waals surface area contributed by atoms with Crippen molar-refractivity contribution in [1.29, 1.82) is 0 Å². The molecule has 0 bridgehead atoms. The third-order valence-corrected chi connectivity index (χ3v) is 5.14. The monoisotopic (exact) mass is 271 g/mol. The van der Waals surface area contributed by atoms with Gasteiger partial charge in [0.25, 0.3) is 0 Å². The van der Waals surface area contributed by atoms with Gasteiger partial charge in [-0.15, -0.1) is 0 Å². The second-order valence-electron chi connectivity index (χ2n) is 4.90. The molecule has 1 saturated heterocycles.